The second kappa shape index (κ2) is 6.10. The van der Waals surface area contributed by atoms with Crippen molar-refractivity contribution in [2.24, 2.45) is 0 Å². The normalized spacial score (nSPS) is 26.9. The maximum absolute atomic E-state index is 6.23. The van der Waals surface area contributed by atoms with Gasteiger partial charge in [-0.1, -0.05) is 23.2 Å². The number of halogens is 2. The van der Waals surface area contributed by atoms with Crippen molar-refractivity contribution in [3.8, 4) is 5.75 Å². The molecule has 2 aliphatic rings. The zero-order valence-corrected chi connectivity index (χ0v) is 13.2. The van der Waals surface area contributed by atoms with Crippen LogP contribution in [0.1, 0.15) is 30.9 Å². The van der Waals surface area contributed by atoms with Crippen LogP contribution in [0.15, 0.2) is 12.1 Å². The lowest BCUT2D eigenvalue weighted by atomic mass is 9.97. The second-order valence-electron chi connectivity index (χ2n) is 5.76. The topological polar surface area (TPSA) is 24.5 Å². The van der Waals surface area contributed by atoms with Crippen molar-refractivity contribution in [3.63, 3.8) is 0 Å². The molecule has 3 nitrogen and oxygen atoms in total. The molecule has 5 heteroatoms. The molecule has 0 radical (unpaired) electrons. The van der Waals surface area contributed by atoms with Crippen molar-refractivity contribution in [2.45, 2.75) is 31.3 Å². The Balaban J connectivity index is 1.79. The number of hydrogen-bond donors (Lipinski definition) is 1. The standard InChI is InChI=1S/C15H20Cl2N2O/c1-19-5-2-3-11(9-19)18-14-4-6-20-15-12(14)7-10(16)8-13(15)17/h7-8,11,14,18H,2-6,9H2,1H3. The number of benzene rings is 1. The fourth-order valence-electron chi connectivity index (χ4n) is 3.19. The molecular weight excluding hydrogens is 295 g/mol. The van der Waals surface area contributed by atoms with E-state index in [0.29, 0.717) is 22.7 Å². The van der Waals surface area contributed by atoms with Crippen molar-refractivity contribution >= 4 is 23.2 Å². The largest absolute Gasteiger partial charge is 0.492 e. The number of hydrogen-bond acceptors (Lipinski definition) is 3. The summed E-state index contributed by atoms with van der Waals surface area (Å²) in [6, 6.07) is 4.54. The van der Waals surface area contributed by atoms with Gasteiger partial charge in [0, 0.05) is 35.6 Å². The zero-order valence-electron chi connectivity index (χ0n) is 11.7. The Morgan fingerprint density at radius 2 is 2.15 bits per heavy atom. The van der Waals surface area contributed by atoms with Crippen LogP contribution in [0.3, 0.4) is 0 Å². The maximum atomic E-state index is 6.23. The molecular formula is C15H20Cl2N2O. The smallest absolute Gasteiger partial charge is 0.142 e. The summed E-state index contributed by atoms with van der Waals surface area (Å²) in [4.78, 5) is 2.38. The molecule has 1 aromatic carbocycles. The molecule has 2 unspecified atom stereocenters. The highest BCUT2D eigenvalue weighted by molar-refractivity contribution is 6.35. The van der Waals surface area contributed by atoms with Gasteiger partial charge in [-0.2, -0.15) is 0 Å². The predicted molar refractivity (Wildman–Crippen MR) is 83.0 cm³/mol. The van der Waals surface area contributed by atoms with E-state index >= 15 is 0 Å². The van der Waals surface area contributed by atoms with E-state index in [1.807, 2.05) is 6.07 Å². The van der Waals surface area contributed by atoms with Crippen molar-refractivity contribution in [3.05, 3.63) is 27.7 Å². The summed E-state index contributed by atoms with van der Waals surface area (Å²) in [7, 11) is 2.18. The van der Waals surface area contributed by atoms with E-state index in [0.717, 1.165) is 24.3 Å². The van der Waals surface area contributed by atoms with E-state index in [9.17, 15) is 0 Å². The summed E-state index contributed by atoms with van der Waals surface area (Å²) in [6.45, 7) is 3.00. The molecule has 1 aromatic rings. The van der Waals surface area contributed by atoms with Crippen molar-refractivity contribution in [2.75, 3.05) is 26.7 Å². The number of nitrogens with one attached hydrogen (secondary N) is 1. The lowest BCUT2D eigenvalue weighted by Crippen LogP contribution is -2.46. The van der Waals surface area contributed by atoms with E-state index in [4.69, 9.17) is 27.9 Å². The summed E-state index contributed by atoms with van der Waals surface area (Å²) in [6.07, 6.45) is 3.44. The zero-order chi connectivity index (χ0) is 14.1. The molecule has 3 rings (SSSR count). The summed E-state index contributed by atoms with van der Waals surface area (Å²) in [5, 5.41) is 5.04. The van der Waals surface area contributed by atoms with Crippen LogP contribution in [-0.2, 0) is 0 Å². The third kappa shape index (κ3) is 3.06. The van der Waals surface area contributed by atoms with Gasteiger partial charge < -0.3 is 15.0 Å². The molecule has 2 heterocycles. The Labute approximate surface area is 130 Å². The van der Waals surface area contributed by atoms with Crippen molar-refractivity contribution in [1.29, 1.82) is 0 Å². The van der Waals surface area contributed by atoms with E-state index < -0.39 is 0 Å². The first-order valence-corrected chi connectivity index (χ1v) is 7.95. The molecule has 2 aliphatic heterocycles. The molecule has 0 spiro atoms. The maximum Gasteiger partial charge on any atom is 0.142 e. The van der Waals surface area contributed by atoms with Gasteiger partial charge in [0.2, 0.25) is 0 Å². The Hall–Kier alpha value is -0.480. The molecule has 1 saturated heterocycles. The Bertz CT molecular complexity index is 495. The van der Waals surface area contributed by atoms with E-state index in [1.165, 1.54) is 19.4 Å². The second-order valence-corrected chi connectivity index (χ2v) is 6.61. The monoisotopic (exact) mass is 314 g/mol. The van der Waals surface area contributed by atoms with Crippen LogP contribution in [0.2, 0.25) is 10.0 Å². The minimum atomic E-state index is 0.284. The fraction of sp³-hybridized carbons (Fsp3) is 0.600. The van der Waals surface area contributed by atoms with Crippen LogP contribution < -0.4 is 10.1 Å². The number of ether oxygens (including phenoxy) is 1. The summed E-state index contributed by atoms with van der Waals surface area (Å²) < 4.78 is 5.71. The number of likely N-dealkylation sites (N-methyl/N-ethyl adjacent to an activating group) is 1. The number of rotatable bonds is 2. The number of likely N-dealkylation sites (tertiary alicyclic amines) is 1. The molecule has 1 fully saturated rings. The van der Waals surface area contributed by atoms with Gasteiger partial charge in [0.05, 0.1) is 11.6 Å². The van der Waals surface area contributed by atoms with E-state index in [2.05, 4.69) is 17.3 Å². The molecule has 0 amide bonds. The molecule has 20 heavy (non-hydrogen) atoms. The van der Waals surface area contributed by atoms with E-state index in [1.54, 1.807) is 6.07 Å². The lowest BCUT2D eigenvalue weighted by Gasteiger charge is -2.35. The fourth-order valence-corrected chi connectivity index (χ4v) is 3.75. The predicted octanol–water partition coefficient (Wildman–Crippen LogP) is 3.50. The first kappa shape index (κ1) is 14.5. The highest BCUT2D eigenvalue weighted by Gasteiger charge is 2.27. The molecule has 0 aromatic heterocycles. The minimum Gasteiger partial charge on any atom is -0.492 e. The van der Waals surface area contributed by atoms with Crippen LogP contribution in [0.5, 0.6) is 5.75 Å². The van der Waals surface area contributed by atoms with Crippen LogP contribution >= 0.6 is 23.2 Å². The van der Waals surface area contributed by atoms with Gasteiger partial charge in [0.25, 0.3) is 0 Å². The van der Waals surface area contributed by atoms with Crippen LogP contribution in [0, 0.1) is 0 Å². The number of fused-ring (bicyclic) bond motifs is 1. The van der Waals surface area contributed by atoms with E-state index in [-0.39, 0.29) is 6.04 Å². The average molecular weight is 315 g/mol. The quantitative estimate of drug-likeness (QED) is 0.904. The average Bonchev–Trinajstić information content (AvgIpc) is 2.40. The van der Waals surface area contributed by atoms with Gasteiger partial charge >= 0.3 is 0 Å². The van der Waals surface area contributed by atoms with Gasteiger partial charge in [-0.25, -0.2) is 0 Å². The van der Waals surface area contributed by atoms with Gasteiger partial charge in [-0.15, -0.1) is 0 Å². The molecule has 0 saturated carbocycles. The highest BCUT2D eigenvalue weighted by Crippen LogP contribution is 2.40. The molecule has 0 bridgehead atoms. The first-order chi connectivity index (χ1) is 9.63. The summed E-state index contributed by atoms with van der Waals surface area (Å²) >= 11 is 12.4. The van der Waals surface area contributed by atoms with Gasteiger partial charge in [-0.05, 0) is 38.6 Å². The Morgan fingerprint density at radius 3 is 2.95 bits per heavy atom. The van der Waals surface area contributed by atoms with Crippen LogP contribution in [0.25, 0.3) is 0 Å². The molecule has 0 aliphatic carbocycles. The summed E-state index contributed by atoms with van der Waals surface area (Å²) in [5.41, 5.74) is 1.10. The van der Waals surface area contributed by atoms with Crippen molar-refractivity contribution in [1.82, 2.24) is 10.2 Å². The minimum absolute atomic E-state index is 0.284. The number of nitrogens with zero attached hydrogens (tertiary/aromatic N) is 1. The van der Waals surface area contributed by atoms with Crippen LogP contribution in [-0.4, -0.2) is 37.7 Å². The van der Waals surface area contributed by atoms with Crippen LogP contribution in [0.4, 0.5) is 0 Å². The lowest BCUT2D eigenvalue weighted by molar-refractivity contribution is 0.193. The highest BCUT2D eigenvalue weighted by atomic mass is 35.5. The third-order valence-electron chi connectivity index (χ3n) is 4.13. The molecule has 110 valence electrons. The van der Waals surface area contributed by atoms with Gasteiger partial charge in [0.1, 0.15) is 5.75 Å². The van der Waals surface area contributed by atoms with Crippen molar-refractivity contribution < 1.29 is 4.74 Å². The Morgan fingerprint density at radius 1 is 1.30 bits per heavy atom. The third-order valence-corrected chi connectivity index (χ3v) is 4.63. The SMILES string of the molecule is CN1CCCC(NC2CCOc3c(Cl)cc(Cl)cc32)C1. The first-order valence-electron chi connectivity index (χ1n) is 7.20. The number of piperidine rings is 1. The summed E-state index contributed by atoms with van der Waals surface area (Å²) in [5.74, 6) is 0.795. The molecule has 2 atom stereocenters. The Kier molecular flexibility index (Phi) is 4.41. The molecule has 1 N–H and O–H groups in total. The van der Waals surface area contributed by atoms with Gasteiger partial charge in [0.15, 0.2) is 0 Å². The van der Waals surface area contributed by atoms with Gasteiger partial charge in [-0.3, -0.25) is 0 Å².